The van der Waals surface area contributed by atoms with Gasteiger partial charge in [0.15, 0.2) is 0 Å². The Kier molecular flexibility index (Phi) is 6.57. The molecule has 0 saturated carbocycles. The Morgan fingerprint density at radius 3 is 2.30 bits per heavy atom. The molecule has 0 aliphatic carbocycles. The van der Waals surface area contributed by atoms with Crippen LogP contribution in [0.2, 0.25) is 0 Å². The third-order valence-electron chi connectivity index (χ3n) is 4.58. The van der Waals surface area contributed by atoms with Crippen LogP contribution in [0.15, 0.2) is 53.0 Å². The maximum atomic E-state index is 12.9. The normalized spacial score (nSPS) is 19.7. The van der Waals surface area contributed by atoms with Gasteiger partial charge in [0.05, 0.1) is 6.54 Å². The van der Waals surface area contributed by atoms with E-state index >= 15 is 0 Å². The number of carbonyl (C=O) groups excluding carboxylic acids is 2. The second kappa shape index (κ2) is 8.97. The zero-order chi connectivity index (χ0) is 21.9. The maximum absolute atomic E-state index is 12.9. The van der Waals surface area contributed by atoms with Gasteiger partial charge in [-0.3, -0.25) is 9.69 Å². The molecule has 0 spiro atoms. The summed E-state index contributed by atoms with van der Waals surface area (Å²) in [6.07, 6.45) is -1.10. The number of β-amino-alcohol motifs (C(OH)–C–C–N with tert-alkyl or cyclic N) is 1. The largest absolute Gasteiger partial charge is 0.491 e. The highest BCUT2D eigenvalue weighted by molar-refractivity contribution is 9.10. The van der Waals surface area contributed by atoms with Crippen molar-refractivity contribution >= 4 is 27.9 Å². The average molecular weight is 485 g/mol. The number of ether oxygens (including phenoxy) is 2. The standard InChI is InChI=1S/C20H19BrF2N2O5/c1-20(12-2-6-16(7-3-12)30-18(22)23)17(27)25(19(28)24-20)10-14(26)11-29-15-8-4-13(21)5-9-15/h2-9,14,18,26H,10-11H2,1H3,(H,24,28). The van der Waals surface area contributed by atoms with Gasteiger partial charge in [-0.1, -0.05) is 28.1 Å². The highest BCUT2D eigenvalue weighted by Gasteiger charge is 2.49. The van der Waals surface area contributed by atoms with Crippen LogP contribution in [0.1, 0.15) is 12.5 Å². The molecule has 10 heteroatoms. The minimum Gasteiger partial charge on any atom is -0.491 e. The van der Waals surface area contributed by atoms with Crippen LogP contribution in [0.4, 0.5) is 13.6 Å². The summed E-state index contributed by atoms with van der Waals surface area (Å²) in [6.45, 7) is -1.84. The Morgan fingerprint density at radius 1 is 1.10 bits per heavy atom. The van der Waals surface area contributed by atoms with Gasteiger partial charge in [0.2, 0.25) is 0 Å². The van der Waals surface area contributed by atoms with Gasteiger partial charge in [-0.05, 0) is 48.9 Å². The minimum absolute atomic E-state index is 0.0634. The van der Waals surface area contributed by atoms with Crippen molar-refractivity contribution in [2.24, 2.45) is 0 Å². The maximum Gasteiger partial charge on any atom is 0.387 e. The molecule has 3 rings (SSSR count). The van der Waals surface area contributed by atoms with Crippen molar-refractivity contribution in [2.75, 3.05) is 13.2 Å². The number of hydrogen-bond acceptors (Lipinski definition) is 5. The molecule has 2 N–H and O–H groups in total. The number of hydrogen-bond donors (Lipinski definition) is 2. The van der Waals surface area contributed by atoms with E-state index in [0.717, 1.165) is 9.37 Å². The molecule has 0 bridgehead atoms. The lowest BCUT2D eigenvalue weighted by atomic mass is 9.92. The number of nitrogens with zero attached hydrogens (tertiary/aromatic N) is 1. The number of urea groups is 1. The molecule has 7 nitrogen and oxygen atoms in total. The second-order valence-electron chi connectivity index (χ2n) is 6.79. The van der Waals surface area contributed by atoms with E-state index < -0.39 is 30.2 Å². The Hall–Kier alpha value is -2.72. The minimum atomic E-state index is -2.96. The fourth-order valence-corrected chi connectivity index (χ4v) is 3.28. The molecule has 160 valence electrons. The van der Waals surface area contributed by atoms with E-state index in [1.807, 2.05) is 0 Å². The van der Waals surface area contributed by atoms with Crippen LogP contribution in [0, 0.1) is 0 Å². The summed E-state index contributed by atoms with van der Waals surface area (Å²) in [7, 11) is 0. The zero-order valence-corrected chi connectivity index (χ0v) is 17.4. The monoisotopic (exact) mass is 484 g/mol. The lowest BCUT2D eigenvalue weighted by molar-refractivity contribution is -0.132. The fourth-order valence-electron chi connectivity index (χ4n) is 3.01. The highest BCUT2D eigenvalue weighted by Crippen LogP contribution is 2.30. The predicted molar refractivity (Wildman–Crippen MR) is 106 cm³/mol. The Balaban J connectivity index is 1.63. The van der Waals surface area contributed by atoms with Crippen LogP contribution in [-0.4, -0.2) is 47.8 Å². The van der Waals surface area contributed by atoms with Crippen molar-refractivity contribution in [3.63, 3.8) is 0 Å². The Morgan fingerprint density at radius 2 is 1.70 bits per heavy atom. The fraction of sp³-hybridized carbons (Fsp3) is 0.300. The van der Waals surface area contributed by atoms with Gasteiger partial charge in [-0.25, -0.2) is 4.79 Å². The van der Waals surface area contributed by atoms with E-state index in [4.69, 9.17) is 4.74 Å². The van der Waals surface area contributed by atoms with E-state index in [-0.39, 0.29) is 18.9 Å². The molecule has 1 heterocycles. The summed E-state index contributed by atoms with van der Waals surface area (Å²) in [5.41, 5.74) is -1.00. The SMILES string of the molecule is CC1(c2ccc(OC(F)F)cc2)NC(=O)N(CC(O)COc2ccc(Br)cc2)C1=O. The molecular formula is C20H19BrF2N2O5. The Labute approximate surface area is 179 Å². The van der Waals surface area contributed by atoms with Crippen molar-refractivity contribution < 1.29 is 33.0 Å². The molecule has 2 aromatic rings. The number of aliphatic hydroxyl groups is 1. The first-order chi connectivity index (χ1) is 14.2. The quantitative estimate of drug-likeness (QED) is 0.561. The van der Waals surface area contributed by atoms with E-state index in [9.17, 15) is 23.5 Å². The molecule has 2 atom stereocenters. The number of nitrogens with one attached hydrogen (secondary N) is 1. The topological polar surface area (TPSA) is 88.1 Å². The first-order valence-electron chi connectivity index (χ1n) is 8.95. The molecule has 2 aromatic carbocycles. The van der Waals surface area contributed by atoms with E-state index in [2.05, 4.69) is 26.0 Å². The van der Waals surface area contributed by atoms with Crippen LogP contribution in [0.25, 0.3) is 0 Å². The predicted octanol–water partition coefficient (Wildman–Crippen LogP) is 3.26. The van der Waals surface area contributed by atoms with Crippen molar-refractivity contribution in [3.05, 3.63) is 58.6 Å². The number of rotatable bonds is 8. The highest BCUT2D eigenvalue weighted by atomic mass is 79.9. The number of carbonyl (C=O) groups is 2. The molecule has 2 unspecified atom stereocenters. The second-order valence-corrected chi connectivity index (χ2v) is 7.71. The molecule has 3 amide bonds. The summed E-state index contributed by atoms with van der Waals surface area (Å²) < 4.78 is 35.2. The molecule has 1 aliphatic heterocycles. The summed E-state index contributed by atoms with van der Waals surface area (Å²) in [6, 6.07) is 11.7. The summed E-state index contributed by atoms with van der Waals surface area (Å²) in [4.78, 5) is 26.1. The molecule has 1 fully saturated rings. The summed E-state index contributed by atoms with van der Waals surface area (Å²) in [5, 5.41) is 12.8. The molecule has 1 saturated heterocycles. The van der Waals surface area contributed by atoms with Crippen LogP contribution < -0.4 is 14.8 Å². The van der Waals surface area contributed by atoms with E-state index in [1.54, 1.807) is 24.3 Å². The van der Waals surface area contributed by atoms with Gasteiger partial charge < -0.3 is 19.9 Å². The van der Waals surface area contributed by atoms with Gasteiger partial charge in [-0.2, -0.15) is 8.78 Å². The average Bonchev–Trinajstić information content (AvgIpc) is 2.91. The lowest BCUT2D eigenvalue weighted by Gasteiger charge is -2.23. The van der Waals surface area contributed by atoms with Crippen molar-refractivity contribution in [1.29, 1.82) is 0 Å². The van der Waals surface area contributed by atoms with E-state index in [0.29, 0.717) is 11.3 Å². The number of alkyl halides is 2. The Bertz CT molecular complexity index is 910. The molecular weight excluding hydrogens is 466 g/mol. The van der Waals surface area contributed by atoms with Crippen LogP contribution in [-0.2, 0) is 10.3 Å². The van der Waals surface area contributed by atoms with Crippen molar-refractivity contribution in [1.82, 2.24) is 10.2 Å². The van der Waals surface area contributed by atoms with E-state index in [1.165, 1.54) is 31.2 Å². The summed E-state index contributed by atoms with van der Waals surface area (Å²) >= 11 is 3.31. The van der Waals surface area contributed by atoms with Gasteiger partial charge in [-0.15, -0.1) is 0 Å². The van der Waals surface area contributed by atoms with Crippen LogP contribution >= 0.6 is 15.9 Å². The van der Waals surface area contributed by atoms with Gasteiger partial charge in [0.1, 0.15) is 29.7 Å². The van der Waals surface area contributed by atoms with Crippen LogP contribution in [0.3, 0.4) is 0 Å². The third kappa shape index (κ3) is 4.88. The first kappa shape index (κ1) is 22.0. The molecule has 0 aromatic heterocycles. The van der Waals surface area contributed by atoms with Crippen molar-refractivity contribution in [2.45, 2.75) is 25.2 Å². The van der Waals surface area contributed by atoms with Gasteiger partial charge in [0.25, 0.3) is 5.91 Å². The summed E-state index contributed by atoms with van der Waals surface area (Å²) in [5.74, 6) is -0.102. The number of benzene rings is 2. The van der Waals surface area contributed by atoms with Crippen LogP contribution in [0.5, 0.6) is 11.5 Å². The van der Waals surface area contributed by atoms with Gasteiger partial charge in [0, 0.05) is 4.47 Å². The molecule has 30 heavy (non-hydrogen) atoms. The third-order valence-corrected chi connectivity index (χ3v) is 5.11. The van der Waals surface area contributed by atoms with Gasteiger partial charge >= 0.3 is 12.6 Å². The number of amides is 3. The molecule has 0 radical (unpaired) electrons. The first-order valence-corrected chi connectivity index (χ1v) is 9.74. The molecule has 1 aliphatic rings. The number of imide groups is 1. The smallest absolute Gasteiger partial charge is 0.387 e. The van der Waals surface area contributed by atoms with Crippen molar-refractivity contribution in [3.8, 4) is 11.5 Å². The number of aliphatic hydroxyl groups excluding tert-OH is 1. The lowest BCUT2D eigenvalue weighted by Crippen LogP contribution is -2.42. The number of halogens is 3. The zero-order valence-electron chi connectivity index (χ0n) is 15.8.